The maximum Gasteiger partial charge on any atom is 0.264 e. The van der Waals surface area contributed by atoms with Gasteiger partial charge in [-0.25, -0.2) is 5.01 Å². The lowest BCUT2D eigenvalue weighted by molar-refractivity contribution is 0.147. The summed E-state index contributed by atoms with van der Waals surface area (Å²) < 4.78 is 29.3. The van der Waals surface area contributed by atoms with Crippen molar-refractivity contribution in [2.75, 3.05) is 18.3 Å². The van der Waals surface area contributed by atoms with E-state index in [1.165, 1.54) is 5.56 Å². The van der Waals surface area contributed by atoms with E-state index in [0.717, 1.165) is 23.9 Å². The second kappa shape index (κ2) is 5.58. The van der Waals surface area contributed by atoms with Crippen LogP contribution in [0.5, 0.6) is 0 Å². The molecule has 0 saturated carbocycles. The second-order valence-corrected chi connectivity index (χ2v) is 8.04. The van der Waals surface area contributed by atoms with Gasteiger partial charge in [0.15, 0.2) is 0 Å². The zero-order valence-corrected chi connectivity index (χ0v) is 14.5. The normalized spacial score (nSPS) is 26.4. The van der Waals surface area contributed by atoms with Crippen LogP contribution in [0.2, 0.25) is 0 Å². The molecule has 1 saturated heterocycles. The van der Waals surface area contributed by atoms with Crippen molar-refractivity contribution >= 4 is 15.8 Å². The molecule has 4 rings (SSSR count). The summed E-state index contributed by atoms with van der Waals surface area (Å²) in [5, 5.41) is 4.30. The Kier molecular flexibility index (Phi) is 3.63. The van der Waals surface area contributed by atoms with E-state index in [2.05, 4.69) is 22.2 Å². The molecule has 3 atom stereocenters. The summed E-state index contributed by atoms with van der Waals surface area (Å²) in [5.41, 5.74) is 3.41. The number of fused-ring (bicyclic) bond motifs is 3. The van der Waals surface area contributed by atoms with E-state index in [9.17, 15) is 8.42 Å². The van der Waals surface area contributed by atoms with Crippen LogP contribution in [0, 0.1) is 0 Å². The fourth-order valence-electron chi connectivity index (χ4n) is 3.99. The summed E-state index contributed by atoms with van der Waals surface area (Å²) >= 11 is 0. The third-order valence-corrected chi connectivity index (χ3v) is 5.41. The van der Waals surface area contributed by atoms with Crippen molar-refractivity contribution in [3.05, 3.63) is 65.7 Å². The minimum Gasteiger partial charge on any atom is -0.299 e. The van der Waals surface area contributed by atoms with Gasteiger partial charge in [0, 0.05) is 7.05 Å². The van der Waals surface area contributed by atoms with Crippen molar-refractivity contribution in [3.8, 4) is 0 Å². The first-order chi connectivity index (χ1) is 11.5. The number of para-hydroxylation sites is 1. The summed E-state index contributed by atoms with van der Waals surface area (Å²) in [6.45, 7) is 0. The Morgan fingerprint density at radius 1 is 1.04 bits per heavy atom. The summed E-state index contributed by atoms with van der Waals surface area (Å²) in [6.07, 6.45) is 1.46. The first-order valence-electron chi connectivity index (χ1n) is 7.99. The van der Waals surface area contributed by atoms with E-state index in [1.54, 1.807) is 0 Å². The fraction of sp³-hybridized carbons (Fsp3) is 0.333. The average Bonchev–Trinajstić information content (AvgIpc) is 3.04. The molecule has 2 aromatic rings. The Hall–Kier alpha value is -1.89. The van der Waals surface area contributed by atoms with Gasteiger partial charge in [-0.1, -0.05) is 48.5 Å². The molecule has 6 heteroatoms. The maximum absolute atomic E-state index is 11.9. The molecule has 0 radical (unpaired) electrons. The van der Waals surface area contributed by atoms with E-state index < -0.39 is 16.2 Å². The van der Waals surface area contributed by atoms with Gasteiger partial charge in [-0.3, -0.25) is 9.19 Å². The van der Waals surface area contributed by atoms with Crippen molar-refractivity contribution < 1.29 is 12.6 Å². The lowest BCUT2D eigenvalue weighted by atomic mass is 9.96. The quantitative estimate of drug-likeness (QED) is 0.800. The Balaban J connectivity index is 1.79. The zero-order chi connectivity index (χ0) is 16.9. The van der Waals surface area contributed by atoms with Gasteiger partial charge in [0.1, 0.15) is 6.10 Å². The minimum atomic E-state index is -3.55. The molecule has 126 valence electrons. The van der Waals surface area contributed by atoms with Crippen LogP contribution in [0.25, 0.3) is 0 Å². The van der Waals surface area contributed by atoms with Crippen molar-refractivity contribution in [1.82, 2.24) is 5.01 Å². The molecule has 0 unspecified atom stereocenters. The van der Waals surface area contributed by atoms with Crippen LogP contribution in [0.3, 0.4) is 0 Å². The van der Waals surface area contributed by atoms with Gasteiger partial charge < -0.3 is 0 Å². The molecule has 2 aliphatic heterocycles. The van der Waals surface area contributed by atoms with Crippen molar-refractivity contribution in [1.29, 1.82) is 0 Å². The lowest BCUT2D eigenvalue weighted by Gasteiger charge is -2.30. The van der Waals surface area contributed by atoms with Crippen LogP contribution in [0.15, 0.2) is 54.6 Å². The summed E-state index contributed by atoms with van der Waals surface area (Å²) in [7, 11) is -1.55. The number of likely N-dealkylation sites (N-methyl/N-ethyl adjacent to an activating group) is 1. The second-order valence-electron chi connectivity index (χ2n) is 6.44. The molecule has 24 heavy (non-hydrogen) atoms. The molecule has 2 aliphatic rings. The highest BCUT2D eigenvalue weighted by Crippen LogP contribution is 2.46. The largest absolute Gasteiger partial charge is 0.299 e. The van der Waals surface area contributed by atoms with Crippen LogP contribution in [0.1, 0.15) is 17.2 Å². The Morgan fingerprint density at radius 3 is 2.42 bits per heavy atom. The predicted molar refractivity (Wildman–Crippen MR) is 93.1 cm³/mol. The highest BCUT2D eigenvalue weighted by molar-refractivity contribution is 7.86. The topological polar surface area (TPSA) is 49.9 Å². The van der Waals surface area contributed by atoms with Gasteiger partial charge >= 0.3 is 0 Å². The highest BCUT2D eigenvalue weighted by Gasteiger charge is 2.52. The fourth-order valence-corrected chi connectivity index (χ4v) is 4.63. The smallest absolute Gasteiger partial charge is 0.264 e. The summed E-state index contributed by atoms with van der Waals surface area (Å²) in [4.78, 5) is 0. The number of hydrazine groups is 1. The molecule has 0 amide bonds. The van der Waals surface area contributed by atoms with Gasteiger partial charge in [-0.05, 0) is 23.6 Å². The SMILES string of the molecule is CN1[C@H](c2ccccc2)[C@@H](OS(C)(=O)=O)[C@@H]2Cc3ccccc3N21. The van der Waals surface area contributed by atoms with Gasteiger partial charge in [-0.2, -0.15) is 8.42 Å². The van der Waals surface area contributed by atoms with E-state index in [4.69, 9.17) is 4.18 Å². The zero-order valence-electron chi connectivity index (χ0n) is 13.7. The molecular weight excluding hydrogens is 324 g/mol. The van der Waals surface area contributed by atoms with Gasteiger partial charge in [0.25, 0.3) is 10.1 Å². The lowest BCUT2D eigenvalue weighted by Crippen LogP contribution is -2.38. The number of benzene rings is 2. The third-order valence-electron chi connectivity index (χ3n) is 4.84. The molecule has 0 aliphatic carbocycles. The molecule has 1 fully saturated rings. The maximum atomic E-state index is 11.9. The number of nitrogens with zero attached hydrogens (tertiary/aromatic N) is 2. The molecule has 0 bridgehead atoms. The van der Waals surface area contributed by atoms with E-state index in [1.807, 2.05) is 49.5 Å². The summed E-state index contributed by atoms with van der Waals surface area (Å²) in [6, 6.07) is 18.0. The molecule has 0 N–H and O–H groups in total. The van der Waals surface area contributed by atoms with E-state index in [-0.39, 0.29) is 12.1 Å². The minimum absolute atomic E-state index is 0.0210. The first kappa shape index (κ1) is 15.6. The van der Waals surface area contributed by atoms with Gasteiger partial charge in [0.05, 0.1) is 24.0 Å². The van der Waals surface area contributed by atoms with Crippen LogP contribution in [-0.4, -0.2) is 38.9 Å². The highest BCUT2D eigenvalue weighted by atomic mass is 32.2. The van der Waals surface area contributed by atoms with Crippen LogP contribution < -0.4 is 5.01 Å². The van der Waals surface area contributed by atoms with Gasteiger partial charge in [-0.15, -0.1) is 0 Å². The van der Waals surface area contributed by atoms with Crippen LogP contribution in [0.4, 0.5) is 5.69 Å². The van der Waals surface area contributed by atoms with Crippen LogP contribution >= 0.6 is 0 Å². The molecular formula is C18H20N2O3S. The third kappa shape index (κ3) is 2.51. The van der Waals surface area contributed by atoms with Crippen LogP contribution in [-0.2, 0) is 20.7 Å². The Morgan fingerprint density at radius 2 is 1.71 bits per heavy atom. The number of hydrogen-bond donors (Lipinski definition) is 0. The van der Waals surface area contributed by atoms with Crippen molar-refractivity contribution in [3.63, 3.8) is 0 Å². The monoisotopic (exact) mass is 344 g/mol. The Labute approximate surface area is 142 Å². The number of hydrogen-bond acceptors (Lipinski definition) is 5. The van der Waals surface area contributed by atoms with Gasteiger partial charge in [0.2, 0.25) is 0 Å². The molecule has 2 aromatic carbocycles. The number of anilines is 1. The first-order valence-corrected chi connectivity index (χ1v) is 9.80. The molecule has 0 spiro atoms. The number of rotatable bonds is 3. The van der Waals surface area contributed by atoms with E-state index >= 15 is 0 Å². The molecule has 0 aromatic heterocycles. The van der Waals surface area contributed by atoms with Crippen molar-refractivity contribution in [2.24, 2.45) is 0 Å². The summed E-state index contributed by atoms with van der Waals surface area (Å²) in [5.74, 6) is 0. The Bertz CT molecular complexity index is 854. The van der Waals surface area contributed by atoms with E-state index in [0.29, 0.717) is 0 Å². The standard InChI is InChI=1S/C18H20N2O3S/c1-19-17(13-8-4-3-5-9-13)18(23-24(2,21)22)16-12-14-10-6-7-11-15(14)20(16)19/h3-11,16-18H,12H2,1-2H3/t16-,17+,18-/m0/s1. The van der Waals surface area contributed by atoms with Crippen molar-refractivity contribution in [2.45, 2.75) is 24.6 Å². The molecule has 5 nitrogen and oxygen atoms in total. The predicted octanol–water partition coefficient (Wildman–Crippen LogP) is 2.36. The average molecular weight is 344 g/mol. The molecule has 2 heterocycles.